The van der Waals surface area contributed by atoms with Gasteiger partial charge < -0.3 is 20.1 Å². The third kappa shape index (κ3) is 4.38. The molecule has 0 aliphatic rings. The molecule has 24 heavy (non-hydrogen) atoms. The van der Waals surface area contributed by atoms with E-state index in [9.17, 15) is 4.79 Å². The van der Waals surface area contributed by atoms with E-state index in [1.165, 1.54) is 0 Å². The number of rotatable bonds is 5. The zero-order valence-electron chi connectivity index (χ0n) is 14.6. The number of benzene rings is 1. The van der Waals surface area contributed by atoms with Crippen molar-refractivity contribution < 1.29 is 14.3 Å². The number of hydrogen-bond donors (Lipinski definition) is 2. The molecule has 2 rings (SSSR count). The van der Waals surface area contributed by atoms with Crippen molar-refractivity contribution in [3.05, 3.63) is 36.5 Å². The van der Waals surface area contributed by atoms with Crippen molar-refractivity contribution >= 4 is 23.1 Å². The fourth-order valence-electron chi connectivity index (χ4n) is 1.90. The Kier molecular flexibility index (Phi) is 5.28. The maximum atomic E-state index is 12.0. The van der Waals surface area contributed by atoms with Crippen LogP contribution in [0.3, 0.4) is 0 Å². The van der Waals surface area contributed by atoms with Gasteiger partial charge in [-0.25, -0.2) is 4.98 Å². The van der Waals surface area contributed by atoms with Gasteiger partial charge in [0.25, 0.3) is 0 Å². The molecule has 1 heterocycles. The molecular formula is C18H23N3O3. The Hall–Kier alpha value is -2.76. The van der Waals surface area contributed by atoms with Crippen LogP contribution in [0.15, 0.2) is 36.5 Å². The predicted molar refractivity (Wildman–Crippen MR) is 95.2 cm³/mol. The predicted octanol–water partition coefficient (Wildman–Crippen LogP) is 3.83. The van der Waals surface area contributed by atoms with E-state index in [1.54, 1.807) is 32.5 Å². The highest BCUT2D eigenvalue weighted by Crippen LogP contribution is 2.31. The van der Waals surface area contributed by atoms with Gasteiger partial charge in [0.05, 0.1) is 31.8 Å². The molecule has 0 saturated carbocycles. The minimum absolute atomic E-state index is 0.0764. The standard InChI is InChI=1S/C18H23N3O3/c1-18(2,3)17(22)21-16-9-6-12(11-19-16)20-14-8-7-13(23-4)10-15(14)24-5/h6-11,20H,1-5H3,(H,19,21,22). The first-order valence-corrected chi connectivity index (χ1v) is 7.60. The number of nitrogens with one attached hydrogen (secondary N) is 2. The number of anilines is 3. The van der Waals surface area contributed by atoms with E-state index in [4.69, 9.17) is 9.47 Å². The summed E-state index contributed by atoms with van der Waals surface area (Å²) in [5, 5.41) is 6.02. The normalized spacial score (nSPS) is 10.9. The molecule has 2 N–H and O–H groups in total. The smallest absolute Gasteiger partial charge is 0.230 e. The Balaban J connectivity index is 2.11. The number of nitrogens with zero attached hydrogens (tertiary/aromatic N) is 1. The van der Waals surface area contributed by atoms with Crippen LogP contribution in [0.2, 0.25) is 0 Å². The Morgan fingerprint density at radius 2 is 1.83 bits per heavy atom. The quantitative estimate of drug-likeness (QED) is 0.872. The van der Waals surface area contributed by atoms with E-state index in [0.717, 1.165) is 17.1 Å². The minimum atomic E-state index is -0.463. The summed E-state index contributed by atoms with van der Waals surface area (Å²) in [6.07, 6.45) is 1.65. The summed E-state index contributed by atoms with van der Waals surface area (Å²) in [6.45, 7) is 5.57. The monoisotopic (exact) mass is 329 g/mol. The van der Waals surface area contributed by atoms with Crippen LogP contribution < -0.4 is 20.1 Å². The zero-order chi connectivity index (χ0) is 17.7. The lowest BCUT2D eigenvalue weighted by Gasteiger charge is -2.17. The molecule has 0 atom stereocenters. The van der Waals surface area contributed by atoms with Crippen LogP contribution in [0.25, 0.3) is 0 Å². The number of pyridine rings is 1. The third-order valence-corrected chi connectivity index (χ3v) is 3.37. The van der Waals surface area contributed by atoms with E-state index < -0.39 is 5.41 Å². The van der Waals surface area contributed by atoms with E-state index in [1.807, 2.05) is 39.0 Å². The second-order valence-electron chi connectivity index (χ2n) is 6.33. The minimum Gasteiger partial charge on any atom is -0.497 e. The Bertz CT molecular complexity index is 706. The van der Waals surface area contributed by atoms with Crippen molar-refractivity contribution in [2.45, 2.75) is 20.8 Å². The van der Waals surface area contributed by atoms with Crippen molar-refractivity contribution in [2.24, 2.45) is 5.41 Å². The van der Waals surface area contributed by atoms with Crippen LogP contribution >= 0.6 is 0 Å². The number of carbonyl (C=O) groups is 1. The van der Waals surface area contributed by atoms with Crippen LogP contribution in [0, 0.1) is 5.41 Å². The van der Waals surface area contributed by atoms with E-state index >= 15 is 0 Å². The van der Waals surface area contributed by atoms with Gasteiger partial charge in [-0.1, -0.05) is 20.8 Å². The molecule has 6 nitrogen and oxygen atoms in total. The molecule has 6 heteroatoms. The number of methoxy groups -OCH3 is 2. The molecule has 128 valence electrons. The van der Waals surface area contributed by atoms with Gasteiger partial charge in [0.15, 0.2) is 0 Å². The van der Waals surface area contributed by atoms with Gasteiger partial charge in [-0.15, -0.1) is 0 Å². The molecule has 0 saturated heterocycles. The van der Waals surface area contributed by atoms with Crippen molar-refractivity contribution in [1.82, 2.24) is 4.98 Å². The van der Waals surface area contributed by atoms with E-state index in [0.29, 0.717) is 11.6 Å². The Morgan fingerprint density at radius 1 is 1.08 bits per heavy atom. The molecule has 1 amide bonds. The van der Waals surface area contributed by atoms with Gasteiger partial charge in [0.1, 0.15) is 17.3 Å². The average Bonchev–Trinajstić information content (AvgIpc) is 2.56. The van der Waals surface area contributed by atoms with Crippen molar-refractivity contribution in [3.8, 4) is 11.5 Å². The second kappa shape index (κ2) is 7.21. The SMILES string of the molecule is COc1ccc(Nc2ccc(NC(=O)C(C)(C)C)nc2)c(OC)c1. The lowest BCUT2D eigenvalue weighted by molar-refractivity contribution is -0.123. The number of ether oxygens (including phenoxy) is 2. The fourth-order valence-corrected chi connectivity index (χ4v) is 1.90. The van der Waals surface area contributed by atoms with Crippen LogP contribution in [-0.2, 0) is 4.79 Å². The van der Waals surface area contributed by atoms with Gasteiger partial charge in [-0.05, 0) is 24.3 Å². The highest BCUT2D eigenvalue weighted by atomic mass is 16.5. The summed E-state index contributed by atoms with van der Waals surface area (Å²) in [6, 6.07) is 9.10. The van der Waals surface area contributed by atoms with Gasteiger partial charge >= 0.3 is 0 Å². The first-order valence-electron chi connectivity index (χ1n) is 7.60. The van der Waals surface area contributed by atoms with Gasteiger partial charge in [0, 0.05) is 11.5 Å². The average molecular weight is 329 g/mol. The fraction of sp³-hybridized carbons (Fsp3) is 0.333. The lowest BCUT2D eigenvalue weighted by Crippen LogP contribution is -2.27. The Morgan fingerprint density at radius 3 is 2.38 bits per heavy atom. The number of carbonyl (C=O) groups excluding carboxylic acids is 1. The van der Waals surface area contributed by atoms with Crippen molar-refractivity contribution in [3.63, 3.8) is 0 Å². The van der Waals surface area contributed by atoms with Gasteiger partial charge in [-0.3, -0.25) is 4.79 Å². The summed E-state index contributed by atoms with van der Waals surface area (Å²) in [5.74, 6) is 1.82. The highest BCUT2D eigenvalue weighted by molar-refractivity contribution is 5.93. The summed E-state index contributed by atoms with van der Waals surface area (Å²) in [5.41, 5.74) is 1.12. The largest absolute Gasteiger partial charge is 0.497 e. The van der Waals surface area contributed by atoms with E-state index in [-0.39, 0.29) is 5.91 Å². The molecule has 0 fully saturated rings. The molecule has 0 bridgehead atoms. The van der Waals surface area contributed by atoms with Crippen LogP contribution in [-0.4, -0.2) is 25.1 Å². The molecule has 0 aliphatic carbocycles. The Labute approximate surface area is 142 Å². The molecule has 0 spiro atoms. The van der Waals surface area contributed by atoms with Crippen LogP contribution in [0.4, 0.5) is 17.2 Å². The number of aromatic nitrogens is 1. The molecule has 2 aromatic rings. The maximum Gasteiger partial charge on any atom is 0.230 e. The third-order valence-electron chi connectivity index (χ3n) is 3.37. The second-order valence-corrected chi connectivity index (χ2v) is 6.33. The van der Waals surface area contributed by atoms with Gasteiger partial charge in [0.2, 0.25) is 5.91 Å². The van der Waals surface area contributed by atoms with Crippen molar-refractivity contribution in [2.75, 3.05) is 24.9 Å². The van der Waals surface area contributed by atoms with Crippen LogP contribution in [0.5, 0.6) is 11.5 Å². The number of amides is 1. The first-order chi connectivity index (χ1) is 11.3. The first kappa shape index (κ1) is 17.6. The molecule has 0 aliphatic heterocycles. The van der Waals surface area contributed by atoms with Crippen LogP contribution in [0.1, 0.15) is 20.8 Å². The zero-order valence-corrected chi connectivity index (χ0v) is 14.6. The van der Waals surface area contributed by atoms with Gasteiger partial charge in [-0.2, -0.15) is 0 Å². The summed E-state index contributed by atoms with van der Waals surface area (Å²) < 4.78 is 10.5. The highest BCUT2D eigenvalue weighted by Gasteiger charge is 2.21. The van der Waals surface area contributed by atoms with Crippen molar-refractivity contribution in [1.29, 1.82) is 0 Å². The molecule has 0 unspecified atom stereocenters. The summed E-state index contributed by atoms with van der Waals surface area (Å²) in [4.78, 5) is 16.2. The van der Waals surface area contributed by atoms with E-state index in [2.05, 4.69) is 15.6 Å². The molecule has 1 aromatic heterocycles. The summed E-state index contributed by atoms with van der Waals surface area (Å²) in [7, 11) is 3.21. The summed E-state index contributed by atoms with van der Waals surface area (Å²) >= 11 is 0. The topological polar surface area (TPSA) is 72.5 Å². The molecule has 1 aromatic carbocycles. The lowest BCUT2D eigenvalue weighted by atomic mass is 9.96. The maximum absolute atomic E-state index is 12.0. The molecular weight excluding hydrogens is 306 g/mol. The number of hydrogen-bond acceptors (Lipinski definition) is 5. The molecule has 0 radical (unpaired) electrons.